The molecule has 0 saturated carbocycles. The van der Waals surface area contributed by atoms with Gasteiger partial charge in [-0.1, -0.05) is 18.2 Å². The quantitative estimate of drug-likeness (QED) is 0.900. The van der Waals surface area contributed by atoms with Crippen LogP contribution in [0.25, 0.3) is 0 Å². The Balaban J connectivity index is 1.46. The van der Waals surface area contributed by atoms with Crippen LogP contribution in [0.5, 0.6) is 0 Å². The van der Waals surface area contributed by atoms with Crippen LogP contribution in [-0.2, 0) is 6.42 Å². The second-order valence-electron chi connectivity index (χ2n) is 5.54. The molecule has 1 saturated heterocycles. The minimum Gasteiger partial charge on any atom is -0.313 e. The molecule has 98 valence electrons. The maximum absolute atomic E-state index is 3.77. The maximum atomic E-state index is 3.77. The van der Waals surface area contributed by atoms with Crippen molar-refractivity contribution >= 4 is 11.8 Å². The average molecular weight is 262 g/mol. The van der Waals surface area contributed by atoms with Crippen LogP contribution >= 0.6 is 11.8 Å². The van der Waals surface area contributed by atoms with Gasteiger partial charge in [0.1, 0.15) is 0 Å². The Morgan fingerprint density at radius 3 is 2.83 bits per heavy atom. The van der Waals surface area contributed by atoms with E-state index in [2.05, 4.69) is 53.3 Å². The van der Waals surface area contributed by atoms with Crippen molar-refractivity contribution in [1.29, 1.82) is 0 Å². The normalized spacial score (nSPS) is 25.3. The third kappa shape index (κ3) is 2.90. The van der Waals surface area contributed by atoms with Gasteiger partial charge in [-0.2, -0.15) is 0 Å². The van der Waals surface area contributed by atoms with Crippen molar-refractivity contribution in [1.82, 2.24) is 10.2 Å². The summed E-state index contributed by atoms with van der Waals surface area (Å²) in [5.41, 5.74) is 1.54. The standard InChI is InChI=1S/C15H22N2S/c1-17-8-6-13(7-9-17)16-11-14-10-12-4-2-3-5-15(12)18-14/h2-5,13-14,16H,6-11H2,1H3. The van der Waals surface area contributed by atoms with Gasteiger partial charge in [0.25, 0.3) is 0 Å². The molecule has 1 unspecified atom stereocenters. The number of rotatable bonds is 3. The summed E-state index contributed by atoms with van der Waals surface area (Å²) in [6.45, 7) is 3.65. The Kier molecular flexibility index (Phi) is 3.92. The molecular formula is C15H22N2S. The number of hydrogen-bond acceptors (Lipinski definition) is 3. The van der Waals surface area contributed by atoms with Gasteiger partial charge in [-0.25, -0.2) is 0 Å². The van der Waals surface area contributed by atoms with Gasteiger partial charge in [0.15, 0.2) is 0 Å². The third-order valence-corrected chi connectivity index (χ3v) is 5.39. The lowest BCUT2D eigenvalue weighted by Crippen LogP contribution is -2.42. The molecule has 2 heterocycles. The van der Waals surface area contributed by atoms with Crippen molar-refractivity contribution in [2.24, 2.45) is 0 Å². The lowest BCUT2D eigenvalue weighted by molar-refractivity contribution is 0.235. The number of benzene rings is 1. The van der Waals surface area contributed by atoms with Crippen LogP contribution in [0.1, 0.15) is 18.4 Å². The molecule has 0 radical (unpaired) electrons. The first-order valence-corrected chi connectivity index (χ1v) is 7.86. The third-order valence-electron chi connectivity index (χ3n) is 4.07. The molecule has 0 spiro atoms. The predicted molar refractivity (Wildman–Crippen MR) is 78.3 cm³/mol. The van der Waals surface area contributed by atoms with Gasteiger partial charge in [0.05, 0.1) is 0 Å². The van der Waals surface area contributed by atoms with E-state index in [1.807, 2.05) is 0 Å². The Labute approximate surface area is 114 Å². The van der Waals surface area contributed by atoms with Gasteiger partial charge in [-0.15, -0.1) is 11.8 Å². The highest BCUT2D eigenvalue weighted by molar-refractivity contribution is 8.00. The van der Waals surface area contributed by atoms with Crippen molar-refractivity contribution in [2.45, 2.75) is 35.4 Å². The molecule has 1 fully saturated rings. The molecule has 18 heavy (non-hydrogen) atoms. The molecule has 1 aromatic rings. The molecule has 1 aromatic carbocycles. The second-order valence-corrected chi connectivity index (χ2v) is 6.88. The second kappa shape index (κ2) is 5.64. The average Bonchev–Trinajstić information content (AvgIpc) is 2.81. The zero-order valence-electron chi connectivity index (χ0n) is 11.1. The number of fused-ring (bicyclic) bond motifs is 1. The molecule has 3 heteroatoms. The number of hydrogen-bond donors (Lipinski definition) is 1. The summed E-state index contributed by atoms with van der Waals surface area (Å²) in [5.74, 6) is 0. The molecule has 0 aliphatic carbocycles. The van der Waals surface area contributed by atoms with E-state index in [9.17, 15) is 0 Å². The van der Waals surface area contributed by atoms with E-state index in [1.165, 1.54) is 42.8 Å². The molecule has 2 nitrogen and oxygen atoms in total. The first-order chi connectivity index (χ1) is 8.81. The Morgan fingerprint density at radius 2 is 2.06 bits per heavy atom. The molecule has 3 rings (SSSR count). The van der Waals surface area contributed by atoms with Crippen molar-refractivity contribution in [3.63, 3.8) is 0 Å². The molecule has 0 amide bonds. The van der Waals surface area contributed by atoms with E-state index in [0.29, 0.717) is 0 Å². The van der Waals surface area contributed by atoms with E-state index in [0.717, 1.165) is 17.8 Å². The van der Waals surface area contributed by atoms with Gasteiger partial charge in [-0.3, -0.25) is 0 Å². The van der Waals surface area contributed by atoms with Crippen molar-refractivity contribution in [2.75, 3.05) is 26.7 Å². The summed E-state index contributed by atoms with van der Waals surface area (Å²) in [7, 11) is 2.22. The highest BCUT2D eigenvalue weighted by atomic mass is 32.2. The Hall–Kier alpha value is -0.510. The Bertz CT molecular complexity index is 374. The molecule has 0 aromatic heterocycles. The smallest absolute Gasteiger partial charge is 0.0260 e. The number of thioether (sulfide) groups is 1. The van der Waals surface area contributed by atoms with Gasteiger partial charge >= 0.3 is 0 Å². The van der Waals surface area contributed by atoms with E-state index < -0.39 is 0 Å². The summed E-state index contributed by atoms with van der Waals surface area (Å²) in [5, 5.41) is 4.51. The summed E-state index contributed by atoms with van der Waals surface area (Å²) in [4.78, 5) is 3.92. The van der Waals surface area contributed by atoms with Crippen molar-refractivity contribution in [3.8, 4) is 0 Å². The van der Waals surface area contributed by atoms with Gasteiger partial charge in [0, 0.05) is 22.7 Å². The van der Waals surface area contributed by atoms with Gasteiger partial charge in [-0.05, 0) is 51.0 Å². The fraction of sp³-hybridized carbons (Fsp3) is 0.600. The highest BCUT2D eigenvalue weighted by Crippen LogP contribution is 2.36. The maximum Gasteiger partial charge on any atom is 0.0260 e. The van der Waals surface area contributed by atoms with Crippen LogP contribution in [-0.4, -0.2) is 42.9 Å². The monoisotopic (exact) mass is 262 g/mol. The first-order valence-electron chi connectivity index (χ1n) is 6.98. The summed E-state index contributed by atoms with van der Waals surface area (Å²) >= 11 is 2.05. The van der Waals surface area contributed by atoms with E-state index in [4.69, 9.17) is 0 Å². The lowest BCUT2D eigenvalue weighted by atomic mass is 10.0. The SMILES string of the molecule is CN1CCC(NCC2Cc3ccccc3S2)CC1. The number of nitrogens with zero attached hydrogens (tertiary/aromatic N) is 1. The van der Waals surface area contributed by atoms with Crippen molar-refractivity contribution < 1.29 is 0 Å². The number of likely N-dealkylation sites (tertiary alicyclic amines) is 1. The lowest BCUT2D eigenvalue weighted by Gasteiger charge is -2.30. The van der Waals surface area contributed by atoms with E-state index >= 15 is 0 Å². The van der Waals surface area contributed by atoms with E-state index in [-0.39, 0.29) is 0 Å². The van der Waals surface area contributed by atoms with Crippen LogP contribution in [0.2, 0.25) is 0 Å². The number of piperidine rings is 1. The highest BCUT2D eigenvalue weighted by Gasteiger charge is 2.23. The first kappa shape index (κ1) is 12.5. The molecular weight excluding hydrogens is 240 g/mol. The predicted octanol–water partition coefficient (Wildman–Crippen LogP) is 2.39. The van der Waals surface area contributed by atoms with Crippen LogP contribution in [0.15, 0.2) is 29.2 Å². The topological polar surface area (TPSA) is 15.3 Å². The van der Waals surface area contributed by atoms with Gasteiger partial charge < -0.3 is 10.2 Å². The fourth-order valence-electron chi connectivity index (χ4n) is 2.88. The largest absolute Gasteiger partial charge is 0.313 e. The van der Waals surface area contributed by atoms with Crippen molar-refractivity contribution in [3.05, 3.63) is 29.8 Å². The fourth-order valence-corrected chi connectivity index (χ4v) is 4.14. The number of nitrogens with one attached hydrogen (secondary N) is 1. The van der Waals surface area contributed by atoms with Gasteiger partial charge in [0.2, 0.25) is 0 Å². The molecule has 1 atom stereocenters. The molecule has 2 aliphatic rings. The van der Waals surface area contributed by atoms with Crippen LogP contribution in [0, 0.1) is 0 Å². The summed E-state index contributed by atoms with van der Waals surface area (Å²) in [6.07, 6.45) is 3.85. The summed E-state index contributed by atoms with van der Waals surface area (Å²) < 4.78 is 0. The minimum atomic E-state index is 0.738. The zero-order valence-corrected chi connectivity index (χ0v) is 11.9. The molecule has 2 aliphatic heterocycles. The minimum absolute atomic E-state index is 0.738. The van der Waals surface area contributed by atoms with Crippen LogP contribution < -0.4 is 5.32 Å². The molecule has 1 N–H and O–H groups in total. The van der Waals surface area contributed by atoms with Crippen LogP contribution in [0.3, 0.4) is 0 Å². The van der Waals surface area contributed by atoms with E-state index in [1.54, 1.807) is 0 Å². The van der Waals surface area contributed by atoms with Crippen LogP contribution in [0.4, 0.5) is 0 Å². The zero-order chi connectivity index (χ0) is 12.4. The Morgan fingerprint density at radius 1 is 1.28 bits per heavy atom. The molecule has 0 bridgehead atoms. The summed E-state index contributed by atoms with van der Waals surface area (Å²) in [6, 6.07) is 9.59.